The van der Waals surface area contributed by atoms with Crippen molar-refractivity contribution < 1.29 is 9.26 Å². The predicted molar refractivity (Wildman–Crippen MR) is 80.0 cm³/mol. The second-order valence-corrected chi connectivity index (χ2v) is 6.54. The van der Waals surface area contributed by atoms with E-state index >= 15 is 0 Å². The molecule has 5 nitrogen and oxygen atoms in total. The van der Waals surface area contributed by atoms with Crippen LogP contribution in [-0.2, 0) is 11.3 Å². The first-order valence-corrected chi connectivity index (χ1v) is 8.55. The summed E-state index contributed by atoms with van der Waals surface area (Å²) < 4.78 is 11.3. The van der Waals surface area contributed by atoms with Crippen molar-refractivity contribution in [2.45, 2.75) is 44.4 Å². The lowest BCUT2D eigenvalue weighted by Gasteiger charge is -2.43. The summed E-state index contributed by atoms with van der Waals surface area (Å²) in [6.07, 6.45) is 5.39. The van der Waals surface area contributed by atoms with Gasteiger partial charge < -0.3 is 9.26 Å². The van der Waals surface area contributed by atoms with Crippen molar-refractivity contribution in [2.75, 3.05) is 13.2 Å². The van der Waals surface area contributed by atoms with E-state index < -0.39 is 0 Å². The first-order chi connectivity index (χ1) is 10.4. The minimum Gasteiger partial charge on any atom is -0.375 e. The van der Waals surface area contributed by atoms with Crippen LogP contribution in [0.15, 0.2) is 21.3 Å². The number of hydrogen-bond acceptors (Lipinski definition) is 6. The molecule has 4 rings (SSSR count). The van der Waals surface area contributed by atoms with Gasteiger partial charge in [-0.2, -0.15) is 16.3 Å². The van der Waals surface area contributed by atoms with Crippen molar-refractivity contribution in [1.29, 1.82) is 0 Å². The molecule has 0 aromatic carbocycles. The maximum atomic E-state index is 5.91. The molecule has 3 heterocycles. The highest BCUT2D eigenvalue weighted by Crippen LogP contribution is 2.29. The molecule has 2 aliphatic rings. The van der Waals surface area contributed by atoms with Crippen LogP contribution >= 0.6 is 11.3 Å². The summed E-state index contributed by atoms with van der Waals surface area (Å²) in [7, 11) is 0. The smallest absolute Gasteiger partial charge is 0.241 e. The number of morpholine rings is 1. The molecule has 21 heavy (non-hydrogen) atoms. The summed E-state index contributed by atoms with van der Waals surface area (Å²) in [4.78, 5) is 6.99. The van der Waals surface area contributed by atoms with Crippen molar-refractivity contribution in [2.24, 2.45) is 0 Å². The number of nitrogens with zero attached hydrogens (tertiary/aromatic N) is 3. The summed E-state index contributed by atoms with van der Waals surface area (Å²) in [5.74, 6) is 1.40. The summed E-state index contributed by atoms with van der Waals surface area (Å²) >= 11 is 1.65. The van der Waals surface area contributed by atoms with E-state index in [-0.39, 0.29) is 0 Å². The Morgan fingerprint density at radius 1 is 1.33 bits per heavy atom. The van der Waals surface area contributed by atoms with Crippen LogP contribution in [0.4, 0.5) is 0 Å². The zero-order chi connectivity index (χ0) is 14.1. The van der Waals surface area contributed by atoms with Crippen LogP contribution < -0.4 is 0 Å². The quantitative estimate of drug-likeness (QED) is 0.872. The van der Waals surface area contributed by atoms with Gasteiger partial charge >= 0.3 is 0 Å². The highest BCUT2D eigenvalue weighted by atomic mass is 32.1. The van der Waals surface area contributed by atoms with Gasteiger partial charge in [0, 0.05) is 23.5 Å². The van der Waals surface area contributed by atoms with Gasteiger partial charge in [-0.05, 0) is 24.3 Å². The van der Waals surface area contributed by atoms with E-state index in [4.69, 9.17) is 9.26 Å². The molecule has 1 aliphatic heterocycles. The highest BCUT2D eigenvalue weighted by molar-refractivity contribution is 7.08. The van der Waals surface area contributed by atoms with Crippen LogP contribution in [-0.4, -0.2) is 40.3 Å². The largest absolute Gasteiger partial charge is 0.375 e. The third-order valence-corrected chi connectivity index (χ3v) is 5.12. The fourth-order valence-electron chi connectivity index (χ4n) is 3.37. The van der Waals surface area contributed by atoms with Gasteiger partial charge in [0.25, 0.3) is 0 Å². The van der Waals surface area contributed by atoms with E-state index in [2.05, 4.69) is 15.0 Å². The van der Waals surface area contributed by atoms with Crippen molar-refractivity contribution in [1.82, 2.24) is 15.0 Å². The molecule has 2 aromatic heterocycles. The molecule has 0 N–H and O–H groups in total. The summed E-state index contributed by atoms with van der Waals surface area (Å²) in [5.41, 5.74) is 1.03. The number of hydrogen-bond donors (Lipinski definition) is 0. The average Bonchev–Trinajstić information content (AvgIpc) is 3.18. The maximum absolute atomic E-state index is 5.91. The minimum absolute atomic E-state index is 0.395. The predicted octanol–water partition coefficient (Wildman–Crippen LogP) is 2.94. The first kappa shape index (κ1) is 13.4. The molecule has 2 atom stereocenters. The molecule has 0 bridgehead atoms. The Bertz CT molecular complexity index is 582. The molecule has 1 saturated carbocycles. The maximum Gasteiger partial charge on any atom is 0.241 e. The molecule has 2 fully saturated rings. The van der Waals surface area contributed by atoms with E-state index in [1.807, 2.05) is 16.8 Å². The first-order valence-electron chi connectivity index (χ1n) is 7.61. The van der Waals surface area contributed by atoms with Gasteiger partial charge in [-0.25, -0.2) is 0 Å². The third kappa shape index (κ3) is 2.75. The lowest BCUT2D eigenvalue weighted by atomic mass is 9.90. The molecule has 112 valence electrons. The van der Waals surface area contributed by atoms with Crippen LogP contribution in [0.1, 0.15) is 31.6 Å². The van der Waals surface area contributed by atoms with Gasteiger partial charge in [-0.3, -0.25) is 4.90 Å². The monoisotopic (exact) mass is 305 g/mol. The van der Waals surface area contributed by atoms with Gasteiger partial charge in [-0.15, -0.1) is 0 Å². The standard InChI is InChI=1S/C15H19N3O2S/c1-2-4-13-12(3-1)18(6-7-19-13)9-14-16-15(17-20-14)11-5-8-21-10-11/h5,8,10,12-13H,1-4,6-7,9H2. The molecular weight excluding hydrogens is 286 g/mol. The van der Waals surface area contributed by atoms with Gasteiger partial charge in [0.05, 0.1) is 19.3 Å². The Morgan fingerprint density at radius 2 is 2.29 bits per heavy atom. The molecule has 2 unspecified atom stereocenters. The number of ether oxygens (including phenoxy) is 1. The normalized spacial score (nSPS) is 26.7. The van der Waals surface area contributed by atoms with Gasteiger partial charge in [0.15, 0.2) is 0 Å². The molecule has 1 saturated heterocycles. The molecule has 6 heteroatoms. The molecule has 0 radical (unpaired) electrons. The van der Waals surface area contributed by atoms with Crippen molar-refractivity contribution in [3.63, 3.8) is 0 Å². The molecule has 0 spiro atoms. The Hall–Kier alpha value is -1.24. The zero-order valence-corrected chi connectivity index (χ0v) is 12.7. The van der Waals surface area contributed by atoms with Crippen molar-refractivity contribution in [3.05, 3.63) is 22.7 Å². The van der Waals surface area contributed by atoms with E-state index in [9.17, 15) is 0 Å². The SMILES string of the molecule is c1cc(-c2noc(CN3CCOC4CCCCC43)n2)cs1. The highest BCUT2D eigenvalue weighted by Gasteiger charge is 2.34. The van der Waals surface area contributed by atoms with Crippen molar-refractivity contribution in [3.8, 4) is 11.4 Å². The Labute approximate surface area is 127 Å². The topological polar surface area (TPSA) is 51.4 Å². The van der Waals surface area contributed by atoms with Crippen LogP contribution in [0.5, 0.6) is 0 Å². The van der Waals surface area contributed by atoms with E-state index in [0.29, 0.717) is 23.9 Å². The summed E-state index contributed by atoms with van der Waals surface area (Å²) in [5, 5.41) is 8.16. The van der Waals surface area contributed by atoms with Gasteiger partial charge in [-0.1, -0.05) is 18.0 Å². The second-order valence-electron chi connectivity index (χ2n) is 5.76. The fraction of sp³-hybridized carbons (Fsp3) is 0.600. The van der Waals surface area contributed by atoms with Gasteiger partial charge in [0.2, 0.25) is 11.7 Å². The zero-order valence-electron chi connectivity index (χ0n) is 11.9. The van der Waals surface area contributed by atoms with Crippen molar-refractivity contribution >= 4 is 11.3 Å². The van der Waals surface area contributed by atoms with Crippen LogP contribution in [0, 0.1) is 0 Å². The van der Waals surface area contributed by atoms with E-state index in [1.54, 1.807) is 11.3 Å². The Morgan fingerprint density at radius 3 is 3.19 bits per heavy atom. The average molecular weight is 305 g/mol. The van der Waals surface area contributed by atoms with Gasteiger partial charge in [0.1, 0.15) is 0 Å². The third-order valence-electron chi connectivity index (χ3n) is 4.43. The summed E-state index contributed by atoms with van der Waals surface area (Å²) in [6, 6.07) is 2.54. The number of aromatic nitrogens is 2. The number of rotatable bonds is 3. The fourth-order valence-corrected chi connectivity index (χ4v) is 4.01. The molecule has 0 amide bonds. The van der Waals surface area contributed by atoms with Crippen LogP contribution in [0.25, 0.3) is 11.4 Å². The number of fused-ring (bicyclic) bond motifs is 1. The molecular formula is C15H19N3O2S. The lowest BCUT2D eigenvalue weighted by Crippen LogP contribution is -2.52. The minimum atomic E-state index is 0.395. The molecule has 1 aliphatic carbocycles. The van der Waals surface area contributed by atoms with Crippen LogP contribution in [0.2, 0.25) is 0 Å². The Kier molecular flexibility index (Phi) is 3.75. The van der Waals surface area contributed by atoms with Crippen LogP contribution in [0.3, 0.4) is 0 Å². The van der Waals surface area contributed by atoms with E-state index in [1.165, 1.54) is 25.7 Å². The van der Waals surface area contributed by atoms with E-state index in [0.717, 1.165) is 25.3 Å². The summed E-state index contributed by atoms with van der Waals surface area (Å²) in [6.45, 7) is 2.51. The lowest BCUT2D eigenvalue weighted by molar-refractivity contribution is -0.0933. The molecule has 2 aromatic rings. The number of thiophene rings is 1. The second kappa shape index (κ2) is 5.87. The Balaban J connectivity index is 1.47.